The summed E-state index contributed by atoms with van der Waals surface area (Å²) >= 11 is 6.20. The Hall–Kier alpha value is -4.40. The van der Waals surface area contributed by atoms with Crippen molar-refractivity contribution in [2.75, 3.05) is 32.6 Å². The molecule has 0 bridgehead atoms. The van der Waals surface area contributed by atoms with E-state index < -0.39 is 0 Å². The highest BCUT2D eigenvalue weighted by Crippen LogP contribution is 2.33. The normalized spacial score (nSPS) is 11.9. The molecule has 0 radical (unpaired) electrons. The van der Waals surface area contributed by atoms with Crippen LogP contribution in [-0.2, 0) is 11.3 Å². The lowest BCUT2D eigenvalue weighted by Crippen LogP contribution is -2.34. The van der Waals surface area contributed by atoms with Crippen molar-refractivity contribution in [3.05, 3.63) is 107 Å². The van der Waals surface area contributed by atoms with Crippen LogP contribution in [-0.4, -0.2) is 63.8 Å². The van der Waals surface area contributed by atoms with E-state index >= 15 is 0 Å². The molecule has 0 spiro atoms. The molecule has 0 aliphatic heterocycles. The molecule has 0 saturated carbocycles. The van der Waals surface area contributed by atoms with E-state index in [2.05, 4.69) is 9.97 Å². The van der Waals surface area contributed by atoms with Crippen LogP contribution in [0, 0.1) is 0 Å². The molecule has 0 saturated heterocycles. The third kappa shape index (κ3) is 5.87. The SMILES string of the molecule is CN(C)CC(=O)N(C)c1ccc(N=C(c2ccc(Cn3ccnc3)cc2)c2c(O)[nH]c3cc(Cl)ccc23)cc1. The standard InChI is InChI=1S/C30H29ClN6O2/c1-35(2)18-27(38)36(3)24-11-9-23(10-12-24)33-29(28-25-13-8-22(31)16-26(25)34-30(28)39)21-6-4-20(5-7-21)17-37-15-14-32-19-37/h4-16,19,34,39H,17-18H2,1-3H3. The third-order valence-electron chi connectivity index (χ3n) is 6.43. The molecule has 2 aromatic heterocycles. The van der Waals surface area contributed by atoms with Gasteiger partial charge in [-0.1, -0.05) is 41.9 Å². The number of carbonyl (C=O) groups is 1. The minimum Gasteiger partial charge on any atom is -0.494 e. The first-order chi connectivity index (χ1) is 18.8. The van der Waals surface area contributed by atoms with Crippen molar-refractivity contribution < 1.29 is 9.90 Å². The summed E-state index contributed by atoms with van der Waals surface area (Å²) in [5.41, 5.74) is 5.34. The molecule has 3 aromatic carbocycles. The van der Waals surface area contributed by atoms with Crippen LogP contribution in [0.1, 0.15) is 16.7 Å². The number of likely N-dealkylation sites (N-methyl/N-ethyl adjacent to an activating group) is 2. The molecule has 5 rings (SSSR count). The van der Waals surface area contributed by atoms with Crippen LogP contribution in [0.2, 0.25) is 5.02 Å². The summed E-state index contributed by atoms with van der Waals surface area (Å²) in [7, 11) is 5.49. The maximum absolute atomic E-state index is 12.5. The average Bonchev–Trinajstić information content (AvgIpc) is 3.54. The number of anilines is 1. The zero-order valence-corrected chi connectivity index (χ0v) is 22.7. The summed E-state index contributed by atoms with van der Waals surface area (Å²) < 4.78 is 2.00. The number of nitrogens with one attached hydrogen (secondary N) is 1. The van der Waals surface area contributed by atoms with Crippen molar-refractivity contribution in [1.82, 2.24) is 19.4 Å². The quantitative estimate of drug-likeness (QED) is 0.256. The molecule has 39 heavy (non-hydrogen) atoms. The fraction of sp³-hybridized carbons (Fsp3) is 0.167. The van der Waals surface area contributed by atoms with Crippen LogP contribution in [0.5, 0.6) is 5.88 Å². The Morgan fingerprint density at radius 2 is 1.79 bits per heavy atom. The highest BCUT2D eigenvalue weighted by atomic mass is 35.5. The number of fused-ring (bicyclic) bond motifs is 1. The van der Waals surface area contributed by atoms with Gasteiger partial charge in [0, 0.05) is 47.6 Å². The lowest BCUT2D eigenvalue weighted by molar-refractivity contribution is -0.118. The second-order valence-corrected chi connectivity index (χ2v) is 10.1. The summed E-state index contributed by atoms with van der Waals surface area (Å²) in [5, 5.41) is 12.4. The highest BCUT2D eigenvalue weighted by Gasteiger charge is 2.19. The molecule has 2 N–H and O–H groups in total. The van der Waals surface area contributed by atoms with Crippen LogP contribution >= 0.6 is 11.6 Å². The van der Waals surface area contributed by atoms with Crippen molar-refractivity contribution in [3.8, 4) is 5.88 Å². The van der Waals surface area contributed by atoms with Gasteiger partial charge in [0.15, 0.2) is 5.88 Å². The Morgan fingerprint density at radius 1 is 1.05 bits per heavy atom. The van der Waals surface area contributed by atoms with E-state index in [-0.39, 0.29) is 11.8 Å². The molecule has 0 atom stereocenters. The summed E-state index contributed by atoms with van der Waals surface area (Å²) in [5.74, 6) is 0.00856. The molecule has 5 aromatic rings. The number of rotatable bonds is 8. The number of H-pyrrole nitrogens is 1. The van der Waals surface area contributed by atoms with Crippen LogP contribution < -0.4 is 4.90 Å². The van der Waals surface area contributed by atoms with Crippen molar-refractivity contribution in [2.45, 2.75) is 6.54 Å². The van der Waals surface area contributed by atoms with Gasteiger partial charge in [0.2, 0.25) is 5.91 Å². The largest absolute Gasteiger partial charge is 0.494 e. The average molecular weight is 541 g/mol. The summed E-state index contributed by atoms with van der Waals surface area (Å²) in [6, 6.07) is 21.0. The van der Waals surface area contributed by atoms with Gasteiger partial charge in [-0.15, -0.1) is 0 Å². The van der Waals surface area contributed by atoms with Crippen molar-refractivity contribution in [2.24, 2.45) is 4.99 Å². The topological polar surface area (TPSA) is 89.8 Å². The molecule has 8 nitrogen and oxygen atoms in total. The second kappa shape index (κ2) is 11.1. The molecular weight excluding hydrogens is 512 g/mol. The van der Waals surface area contributed by atoms with Gasteiger partial charge in [-0.3, -0.25) is 4.79 Å². The van der Waals surface area contributed by atoms with Gasteiger partial charge in [0.05, 0.1) is 35.4 Å². The maximum atomic E-state index is 12.5. The number of imidazole rings is 1. The van der Waals surface area contributed by atoms with Gasteiger partial charge < -0.3 is 24.5 Å². The number of aliphatic imine (C=N–C) groups is 1. The number of halogens is 1. The Bertz CT molecular complexity index is 1620. The van der Waals surface area contributed by atoms with Gasteiger partial charge in [-0.05, 0) is 56.1 Å². The van der Waals surface area contributed by atoms with Gasteiger partial charge in [-0.25, -0.2) is 9.98 Å². The minimum absolute atomic E-state index is 0.00454. The molecule has 0 aliphatic rings. The van der Waals surface area contributed by atoms with Crippen molar-refractivity contribution in [1.29, 1.82) is 0 Å². The first-order valence-corrected chi connectivity index (χ1v) is 12.8. The summed E-state index contributed by atoms with van der Waals surface area (Å²) in [6.45, 7) is 1.02. The number of nitrogens with zero attached hydrogens (tertiary/aromatic N) is 5. The number of hydrogen-bond donors (Lipinski definition) is 2. The van der Waals surface area contributed by atoms with E-state index in [0.717, 1.165) is 27.7 Å². The predicted molar refractivity (Wildman–Crippen MR) is 156 cm³/mol. The first-order valence-electron chi connectivity index (χ1n) is 12.4. The van der Waals surface area contributed by atoms with E-state index in [0.29, 0.717) is 35.1 Å². The highest BCUT2D eigenvalue weighted by molar-refractivity contribution is 6.31. The molecule has 0 unspecified atom stereocenters. The molecule has 2 heterocycles. The van der Waals surface area contributed by atoms with Gasteiger partial charge in [-0.2, -0.15) is 0 Å². The Labute approximate surface area is 231 Å². The molecule has 198 valence electrons. The number of aromatic amines is 1. The number of aromatic nitrogens is 3. The van der Waals surface area contributed by atoms with Gasteiger partial charge >= 0.3 is 0 Å². The molecule has 0 aliphatic carbocycles. The fourth-order valence-corrected chi connectivity index (χ4v) is 4.59. The maximum Gasteiger partial charge on any atom is 0.240 e. The van der Waals surface area contributed by atoms with Crippen molar-refractivity contribution >= 4 is 45.5 Å². The van der Waals surface area contributed by atoms with Crippen LogP contribution in [0.3, 0.4) is 0 Å². The molecule has 0 fully saturated rings. The lowest BCUT2D eigenvalue weighted by Gasteiger charge is -2.19. The van der Waals surface area contributed by atoms with Crippen LogP contribution in [0.4, 0.5) is 11.4 Å². The second-order valence-electron chi connectivity index (χ2n) is 9.64. The van der Waals surface area contributed by atoms with E-state index in [1.54, 1.807) is 36.6 Å². The smallest absolute Gasteiger partial charge is 0.240 e. The van der Waals surface area contributed by atoms with Crippen LogP contribution in [0.15, 0.2) is 90.4 Å². The summed E-state index contributed by atoms with van der Waals surface area (Å²) in [6.07, 6.45) is 5.46. The van der Waals surface area contributed by atoms with E-state index in [1.165, 1.54) is 0 Å². The summed E-state index contributed by atoms with van der Waals surface area (Å²) in [4.78, 5) is 28.1. The Morgan fingerprint density at radius 3 is 2.46 bits per heavy atom. The van der Waals surface area contributed by atoms with Crippen molar-refractivity contribution in [3.63, 3.8) is 0 Å². The van der Waals surface area contributed by atoms with E-state index in [4.69, 9.17) is 16.6 Å². The Balaban J connectivity index is 1.54. The number of aromatic hydroxyl groups is 1. The number of amides is 1. The minimum atomic E-state index is -0.00454. The first kappa shape index (κ1) is 26.2. The van der Waals surface area contributed by atoms with E-state index in [1.807, 2.05) is 84.4 Å². The van der Waals surface area contributed by atoms with E-state index in [9.17, 15) is 9.90 Å². The molecule has 9 heteroatoms. The van der Waals surface area contributed by atoms with Gasteiger partial charge in [0.1, 0.15) is 0 Å². The predicted octanol–water partition coefficient (Wildman–Crippen LogP) is 5.47. The van der Waals surface area contributed by atoms with Crippen LogP contribution in [0.25, 0.3) is 10.9 Å². The zero-order chi connectivity index (χ0) is 27.5. The fourth-order valence-electron chi connectivity index (χ4n) is 4.42. The third-order valence-corrected chi connectivity index (χ3v) is 6.67. The number of carbonyl (C=O) groups excluding carboxylic acids is 1. The monoisotopic (exact) mass is 540 g/mol. The number of benzene rings is 3. The zero-order valence-electron chi connectivity index (χ0n) is 22.0. The molecular formula is C30H29ClN6O2. The lowest BCUT2D eigenvalue weighted by atomic mass is 9.99. The van der Waals surface area contributed by atoms with Gasteiger partial charge in [0.25, 0.3) is 0 Å². The number of hydrogen-bond acceptors (Lipinski definition) is 5. The molecule has 1 amide bonds. The Kier molecular flexibility index (Phi) is 7.49.